The standard InChI is InChI=1S/Cl2FP/c1-4(2)3/p+1. The average molecular weight is 122 g/mol. The van der Waals surface area contributed by atoms with Crippen LogP contribution in [0, 0.1) is 0 Å². The molecule has 0 amide bonds. The molecule has 0 unspecified atom stereocenters. The maximum Gasteiger partial charge on any atom is 0.383 e. The van der Waals surface area contributed by atoms with E-state index in [1.54, 1.807) is 0 Å². The van der Waals surface area contributed by atoms with Gasteiger partial charge in [0.25, 0.3) is 0 Å². The van der Waals surface area contributed by atoms with Crippen molar-refractivity contribution in [2.75, 3.05) is 0 Å². The molecule has 0 fully saturated rings. The molecule has 0 aliphatic rings. The van der Waals surface area contributed by atoms with Crippen molar-refractivity contribution in [1.29, 1.82) is 0 Å². The molecule has 0 radical (unpaired) electrons. The van der Waals surface area contributed by atoms with Crippen LogP contribution < -0.4 is 0 Å². The molecule has 0 aromatic rings. The zero-order chi connectivity index (χ0) is 3.58. The molecule has 0 saturated carbocycles. The van der Waals surface area contributed by atoms with Crippen molar-refractivity contribution in [3.8, 4) is 0 Å². The molecule has 0 nitrogen and oxygen atoms in total. The van der Waals surface area contributed by atoms with Crippen molar-refractivity contribution in [2.24, 2.45) is 0 Å². The van der Waals surface area contributed by atoms with Gasteiger partial charge >= 0.3 is 6.94 Å². The highest BCUT2D eigenvalue weighted by atomic mass is 35.9. The summed E-state index contributed by atoms with van der Waals surface area (Å²) in [5.74, 6) is 0. The fraction of sp³-hybridized carbons (Fsp3) is 0. The summed E-state index contributed by atoms with van der Waals surface area (Å²) in [6.07, 6.45) is 0. The Morgan fingerprint density at radius 3 is 1.50 bits per heavy atom. The topological polar surface area (TPSA) is 0 Å². The monoisotopic (exact) mass is 121 g/mol. The third kappa shape index (κ3) is 12.5. The summed E-state index contributed by atoms with van der Waals surface area (Å²) in [5.41, 5.74) is 0. The minimum absolute atomic E-state index is 2.44. The van der Waals surface area contributed by atoms with Crippen molar-refractivity contribution in [3.63, 3.8) is 0 Å². The minimum atomic E-state index is -2.44. The maximum atomic E-state index is 10.6. The molecule has 0 aromatic heterocycles. The highest BCUT2D eigenvalue weighted by molar-refractivity contribution is 8.00. The fourth-order valence-corrected chi connectivity index (χ4v) is 0. The van der Waals surface area contributed by atoms with E-state index in [0.29, 0.717) is 0 Å². The van der Waals surface area contributed by atoms with Crippen LogP contribution in [-0.4, -0.2) is 0 Å². The van der Waals surface area contributed by atoms with Gasteiger partial charge in [-0.2, -0.15) is 0 Å². The average Bonchev–Trinajstić information content (AvgIpc) is 0.811. The molecular weight excluding hydrogens is 121 g/mol. The first kappa shape index (κ1) is 4.94. The zero-order valence-corrected chi connectivity index (χ0v) is 4.15. The van der Waals surface area contributed by atoms with E-state index in [1.165, 1.54) is 0 Å². The lowest BCUT2D eigenvalue weighted by Crippen LogP contribution is -1.01. The van der Waals surface area contributed by atoms with E-state index in [9.17, 15) is 4.20 Å². The van der Waals surface area contributed by atoms with Crippen molar-refractivity contribution in [1.82, 2.24) is 0 Å². The third-order valence-electron chi connectivity index (χ3n) is 0. The Bertz CT molecular complexity index is 10.8. The summed E-state index contributed by atoms with van der Waals surface area (Å²) < 4.78 is 10.6. The Kier molecular flexibility index (Phi) is 2.71. The smallest absolute Gasteiger partial charge is 0.0265 e. The van der Waals surface area contributed by atoms with Gasteiger partial charge in [-0.25, -0.2) is 0 Å². The normalized spacial score (nSPS) is 9.00. The van der Waals surface area contributed by atoms with Gasteiger partial charge in [0, 0.05) is 0 Å². The predicted octanol–water partition coefficient (Wildman–Crippen LogP) is 2.39. The van der Waals surface area contributed by atoms with E-state index in [1.807, 2.05) is 0 Å². The van der Waals surface area contributed by atoms with Gasteiger partial charge in [0.2, 0.25) is 0 Å². The second kappa shape index (κ2) is 2.19. The summed E-state index contributed by atoms with van der Waals surface area (Å²) in [5, 5.41) is 0. The molecule has 0 N–H and O–H groups in total. The van der Waals surface area contributed by atoms with Gasteiger partial charge in [-0.15, -0.1) is 0 Å². The summed E-state index contributed by atoms with van der Waals surface area (Å²) in [6.45, 7) is -2.44. The van der Waals surface area contributed by atoms with Crippen molar-refractivity contribution >= 4 is 29.4 Å². The van der Waals surface area contributed by atoms with E-state index in [-0.39, 0.29) is 0 Å². The van der Waals surface area contributed by atoms with E-state index >= 15 is 0 Å². The van der Waals surface area contributed by atoms with Gasteiger partial charge in [0.15, 0.2) is 0 Å². The maximum absolute atomic E-state index is 10.6. The molecule has 0 atom stereocenters. The fourth-order valence-electron chi connectivity index (χ4n) is 0. The van der Waals surface area contributed by atoms with Crippen LogP contribution in [0.1, 0.15) is 0 Å². The first-order valence-corrected chi connectivity index (χ1v) is 3.97. The van der Waals surface area contributed by atoms with Crippen LogP contribution in [0.15, 0.2) is 0 Å². The number of hydrogen-bond acceptors (Lipinski definition) is 0. The molecule has 0 saturated heterocycles. The Morgan fingerprint density at radius 2 is 1.50 bits per heavy atom. The number of halogens is 3. The van der Waals surface area contributed by atoms with Crippen LogP contribution in [-0.2, 0) is 0 Å². The van der Waals surface area contributed by atoms with E-state index < -0.39 is 6.94 Å². The summed E-state index contributed by atoms with van der Waals surface area (Å²) >= 11 is 8.95. The third-order valence-corrected chi connectivity index (χ3v) is 0. The number of rotatable bonds is 0. The highest BCUT2D eigenvalue weighted by Crippen LogP contribution is 2.47. The molecule has 0 heterocycles. The van der Waals surface area contributed by atoms with Gasteiger partial charge in [-0.1, -0.05) is 0 Å². The molecule has 0 aliphatic heterocycles. The molecule has 26 valence electrons. The van der Waals surface area contributed by atoms with Crippen molar-refractivity contribution in [3.05, 3.63) is 0 Å². The number of hydrogen-bond donors (Lipinski definition) is 0. The van der Waals surface area contributed by atoms with Crippen molar-refractivity contribution < 1.29 is 4.20 Å². The van der Waals surface area contributed by atoms with Gasteiger partial charge < -0.3 is 0 Å². The minimum Gasteiger partial charge on any atom is -0.0265 e. The summed E-state index contributed by atoms with van der Waals surface area (Å²) in [6, 6.07) is 0. The van der Waals surface area contributed by atoms with Crippen LogP contribution in [0.25, 0.3) is 0 Å². The Balaban J connectivity index is 2.32. The molecule has 0 bridgehead atoms. The van der Waals surface area contributed by atoms with Crippen LogP contribution in [0.5, 0.6) is 0 Å². The lowest BCUT2D eigenvalue weighted by Gasteiger charge is -1.50. The largest absolute Gasteiger partial charge is 0.383 e. The van der Waals surface area contributed by atoms with Gasteiger partial charge in [-0.3, -0.25) is 0 Å². The molecule has 4 heteroatoms. The molecule has 0 aliphatic carbocycles. The van der Waals surface area contributed by atoms with Crippen LogP contribution in [0.3, 0.4) is 0 Å². The summed E-state index contributed by atoms with van der Waals surface area (Å²) in [4.78, 5) is 0. The Hall–Kier alpha value is 0.940. The highest BCUT2D eigenvalue weighted by Gasteiger charge is 1.98. The quantitative estimate of drug-likeness (QED) is 0.432. The zero-order valence-electron chi connectivity index (χ0n) is 1.63. The molecule has 0 rings (SSSR count). The molecule has 0 aromatic carbocycles. The molecular formula is HCl2FP+. The SMILES string of the molecule is F[PH+](Cl)Cl. The summed E-state index contributed by atoms with van der Waals surface area (Å²) in [7, 11) is 0. The second-order valence-electron chi connectivity index (χ2n) is 0.214. The molecule has 4 heavy (non-hydrogen) atoms. The van der Waals surface area contributed by atoms with E-state index in [4.69, 9.17) is 0 Å². The van der Waals surface area contributed by atoms with Gasteiger partial charge in [0.1, 0.15) is 22.5 Å². The Morgan fingerprint density at radius 1 is 1.50 bits per heavy atom. The second-order valence-corrected chi connectivity index (χ2v) is 3.21. The van der Waals surface area contributed by atoms with Gasteiger partial charge in [0.05, 0.1) is 0 Å². The van der Waals surface area contributed by atoms with Crippen LogP contribution in [0.2, 0.25) is 0 Å². The lowest BCUT2D eigenvalue weighted by atomic mass is 18.9. The first-order valence-electron chi connectivity index (χ1n) is 0.567. The first-order chi connectivity index (χ1) is 1.73. The van der Waals surface area contributed by atoms with Crippen molar-refractivity contribution in [2.45, 2.75) is 0 Å². The predicted molar refractivity (Wildman–Crippen MR) is 21.1 cm³/mol. The van der Waals surface area contributed by atoms with E-state index in [2.05, 4.69) is 22.5 Å². The lowest BCUT2D eigenvalue weighted by molar-refractivity contribution is 0.929. The van der Waals surface area contributed by atoms with E-state index in [0.717, 1.165) is 0 Å². The van der Waals surface area contributed by atoms with Crippen LogP contribution >= 0.6 is 29.4 Å². The molecule has 0 spiro atoms. The van der Waals surface area contributed by atoms with Gasteiger partial charge in [-0.05, 0) is 4.20 Å². The Labute approximate surface area is 34.4 Å². The van der Waals surface area contributed by atoms with Crippen LogP contribution in [0.4, 0.5) is 4.20 Å².